The van der Waals surface area contributed by atoms with Gasteiger partial charge in [0.2, 0.25) is 0 Å². The summed E-state index contributed by atoms with van der Waals surface area (Å²) < 4.78 is 22.0. The maximum absolute atomic E-state index is 11.0. The van der Waals surface area contributed by atoms with Crippen LogP contribution in [0.1, 0.15) is 0 Å². The molecule has 1 amide bonds. The minimum atomic E-state index is -3.16. The SMILES string of the molecule is CS(=O)(=O)c1ccc(N[C]=O)cc1. The van der Waals surface area contributed by atoms with Gasteiger partial charge in [0.25, 0.3) is 0 Å². The molecule has 5 heteroatoms. The molecule has 0 atom stereocenters. The third kappa shape index (κ3) is 2.55. The van der Waals surface area contributed by atoms with Crippen molar-refractivity contribution < 1.29 is 13.2 Å². The molecular weight excluding hydrogens is 190 g/mol. The summed E-state index contributed by atoms with van der Waals surface area (Å²) in [5, 5.41) is 2.29. The topological polar surface area (TPSA) is 63.2 Å². The van der Waals surface area contributed by atoms with Gasteiger partial charge in [-0.2, -0.15) is 0 Å². The Bertz CT molecular complexity index is 394. The fraction of sp³-hybridized carbons (Fsp3) is 0.125. The third-order valence-electron chi connectivity index (χ3n) is 1.48. The first-order chi connectivity index (χ1) is 6.04. The van der Waals surface area contributed by atoms with Crippen molar-refractivity contribution in [3.05, 3.63) is 24.3 Å². The first-order valence-electron chi connectivity index (χ1n) is 3.47. The molecule has 0 saturated carbocycles. The summed E-state index contributed by atoms with van der Waals surface area (Å²) in [6, 6.07) is 5.85. The maximum atomic E-state index is 11.0. The van der Waals surface area contributed by atoms with Crippen LogP contribution in [0, 0.1) is 0 Å². The van der Waals surface area contributed by atoms with Gasteiger partial charge < -0.3 is 5.32 Å². The number of nitrogens with one attached hydrogen (secondary N) is 1. The lowest BCUT2D eigenvalue weighted by molar-refractivity contribution is 0.561. The number of hydrogen-bond donors (Lipinski definition) is 1. The van der Waals surface area contributed by atoms with Gasteiger partial charge in [-0.1, -0.05) is 0 Å². The fourth-order valence-corrected chi connectivity index (χ4v) is 1.47. The Kier molecular flexibility index (Phi) is 2.67. The molecule has 13 heavy (non-hydrogen) atoms. The van der Waals surface area contributed by atoms with Gasteiger partial charge in [0.1, 0.15) is 0 Å². The Labute approximate surface area is 76.5 Å². The highest BCUT2D eigenvalue weighted by atomic mass is 32.2. The number of carbonyl (C=O) groups excluding carboxylic acids is 1. The smallest absolute Gasteiger partial charge is 0.314 e. The Hall–Kier alpha value is -1.36. The van der Waals surface area contributed by atoms with E-state index in [1.807, 2.05) is 0 Å². The van der Waals surface area contributed by atoms with Crippen LogP contribution in [0.15, 0.2) is 29.2 Å². The van der Waals surface area contributed by atoms with Crippen molar-refractivity contribution in [2.75, 3.05) is 11.6 Å². The standard InChI is InChI=1S/C8H8NO3S/c1-13(11,12)8-4-2-7(3-5-8)9-6-10/h2-5H,1H3,(H,9,10). The molecule has 0 aromatic heterocycles. The van der Waals surface area contributed by atoms with E-state index in [0.29, 0.717) is 5.69 Å². The van der Waals surface area contributed by atoms with Crippen molar-refractivity contribution in [2.45, 2.75) is 4.90 Å². The Morgan fingerprint density at radius 2 is 1.77 bits per heavy atom. The highest BCUT2D eigenvalue weighted by molar-refractivity contribution is 7.90. The minimum Gasteiger partial charge on any atom is -0.318 e. The molecule has 0 saturated heterocycles. The van der Waals surface area contributed by atoms with E-state index in [-0.39, 0.29) is 4.90 Å². The van der Waals surface area contributed by atoms with E-state index in [1.165, 1.54) is 30.7 Å². The molecule has 1 N–H and O–H groups in total. The van der Waals surface area contributed by atoms with Gasteiger partial charge in [-0.05, 0) is 24.3 Å². The van der Waals surface area contributed by atoms with E-state index in [0.717, 1.165) is 6.26 Å². The monoisotopic (exact) mass is 198 g/mol. The lowest BCUT2D eigenvalue weighted by Gasteiger charge is -1.99. The van der Waals surface area contributed by atoms with Crippen LogP contribution in [-0.4, -0.2) is 21.1 Å². The van der Waals surface area contributed by atoms with Gasteiger partial charge in [0.05, 0.1) is 4.90 Å². The molecule has 0 aliphatic rings. The predicted molar refractivity (Wildman–Crippen MR) is 48.9 cm³/mol. The molecule has 0 unspecified atom stereocenters. The Balaban J connectivity index is 3.01. The number of hydrogen-bond acceptors (Lipinski definition) is 3. The van der Waals surface area contributed by atoms with Crippen LogP contribution in [0.4, 0.5) is 5.69 Å². The van der Waals surface area contributed by atoms with Gasteiger partial charge in [-0.15, -0.1) is 0 Å². The second-order valence-electron chi connectivity index (χ2n) is 2.52. The molecule has 1 aromatic carbocycles. The van der Waals surface area contributed by atoms with Crippen LogP contribution in [0.3, 0.4) is 0 Å². The van der Waals surface area contributed by atoms with Crippen LogP contribution in [0.25, 0.3) is 0 Å². The minimum absolute atomic E-state index is 0.226. The van der Waals surface area contributed by atoms with Gasteiger partial charge in [-0.3, -0.25) is 4.79 Å². The van der Waals surface area contributed by atoms with E-state index in [4.69, 9.17) is 0 Å². The second kappa shape index (κ2) is 3.57. The fourth-order valence-electron chi connectivity index (χ4n) is 0.844. The number of rotatable bonds is 3. The highest BCUT2D eigenvalue weighted by Gasteiger charge is 2.05. The number of anilines is 1. The average Bonchev–Trinajstić information content (AvgIpc) is 2.04. The summed E-state index contributed by atoms with van der Waals surface area (Å²) in [5.74, 6) is 0. The van der Waals surface area contributed by atoms with E-state index in [2.05, 4.69) is 5.32 Å². The lowest BCUT2D eigenvalue weighted by Crippen LogP contribution is -1.98. The summed E-state index contributed by atoms with van der Waals surface area (Å²) >= 11 is 0. The van der Waals surface area contributed by atoms with Crippen molar-refractivity contribution >= 4 is 21.9 Å². The molecule has 69 valence electrons. The van der Waals surface area contributed by atoms with Gasteiger partial charge in [0, 0.05) is 11.9 Å². The van der Waals surface area contributed by atoms with E-state index < -0.39 is 9.84 Å². The summed E-state index contributed by atoms with van der Waals surface area (Å²) in [5.41, 5.74) is 0.516. The Morgan fingerprint density at radius 1 is 1.23 bits per heavy atom. The normalized spacial score (nSPS) is 10.8. The molecule has 1 aromatic rings. The predicted octanol–water partition coefficient (Wildman–Crippen LogP) is 0.569. The van der Waals surface area contributed by atoms with Crippen molar-refractivity contribution in [3.8, 4) is 0 Å². The number of amides is 1. The molecular formula is C8H8NO3S. The molecule has 0 fully saturated rings. The number of benzene rings is 1. The first-order valence-corrected chi connectivity index (χ1v) is 5.36. The van der Waals surface area contributed by atoms with Crippen LogP contribution in [0.2, 0.25) is 0 Å². The molecule has 1 rings (SSSR count). The summed E-state index contributed by atoms with van der Waals surface area (Å²) in [4.78, 5) is 10.1. The second-order valence-corrected chi connectivity index (χ2v) is 4.54. The van der Waals surface area contributed by atoms with Crippen molar-refractivity contribution in [2.24, 2.45) is 0 Å². The van der Waals surface area contributed by atoms with E-state index in [1.54, 1.807) is 0 Å². The zero-order valence-electron chi connectivity index (χ0n) is 6.94. The van der Waals surface area contributed by atoms with Crippen molar-refractivity contribution in [1.82, 2.24) is 0 Å². The Morgan fingerprint density at radius 3 is 2.15 bits per heavy atom. The largest absolute Gasteiger partial charge is 0.318 e. The molecule has 0 bridgehead atoms. The van der Waals surface area contributed by atoms with Crippen molar-refractivity contribution in [1.29, 1.82) is 0 Å². The molecule has 0 aliphatic heterocycles. The first kappa shape index (κ1) is 9.73. The number of sulfone groups is 1. The summed E-state index contributed by atoms with van der Waals surface area (Å²) in [7, 11) is -3.16. The van der Waals surface area contributed by atoms with E-state index in [9.17, 15) is 13.2 Å². The molecule has 4 nitrogen and oxygen atoms in total. The molecule has 0 spiro atoms. The summed E-state index contributed by atoms with van der Waals surface area (Å²) in [6.07, 6.45) is 2.62. The van der Waals surface area contributed by atoms with Gasteiger partial charge in [-0.25, -0.2) is 8.42 Å². The van der Waals surface area contributed by atoms with Gasteiger partial charge in [0.15, 0.2) is 9.84 Å². The van der Waals surface area contributed by atoms with Crippen LogP contribution in [-0.2, 0) is 14.6 Å². The van der Waals surface area contributed by atoms with Crippen LogP contribution >= 0.6 is 0 Å². The zero-order chi connectivity index (χ0) is 9.90. The molecule has 1 radical (unpaired) electrons. The molecule has 0 heterocycles. The quantitative estimate of drug-likeness (QED) is 0.722. The maximum Gasteiger partial charge on any atom is 0.314 e. The summed E-state index contributed by atoms with van der Waals surface area (Å²) in [6.45, 7) is 0. The lowest BCUT2D eigenvalue weighted by atomic mass is 10.3. The highest BCUT2D eigenvalue weighted by Crippen LogP contribution is 2.12. The van der Waals surface area contributed by atoms with Crippen molar-refractivity contribution in [3.63, 3.8) is 0 Å². The third-order valence-corrected chi connectivity index (χ3v) is 2.61. The molecule has 0 aliphatic carbocycles. The average molecular weight is 198 g/mol. The van der Waals surface area contributed by atoms with Crippen LogP contribution < -0.4 is 5.32 Å². The van der Waals surface area contributed by atoms with Crippen LogP contribution in [0.5, 0.6) is 0 Å². The zero-order valence-corrected chi connectivity index (χ0v) is 7.76. The van der Waals surface area contributed by atoms with Gasteiger partial charge >= 0.3 is 6.41 Å². The van der Waals surface area contributed by atoms with E-state index >= 15 is 0 Å².